The van der Waals surface area contributed by atoms with Crippen LogP contribution in [-0.4, -0.2) is 16.1 Å². The monoisotopic (exact) mass is 283 g/mol. The molecule has 2 aromatic rings. The summed E-state index contributed by atoms with van der Waals surface area (Å²) in [6, 6.07) is 9.77. The molecule has 1 aromatic carbocycles. The van der Waals surface area contributed by atoms with Crippen molar-refractivity contribution in [3.63, 3.8) is 0 Å². The molecule has 1 atom stereocenters. The van der Waals surface area contributed by atoms with Gasteiger partial charge in [-0.2, -0.15) is 0 Å². The van der Waals surface area contributed by atoms with E-state index in [2.05, 4.69) is 22.4 Å². The number of aromatic carboxylic acids is 1. The first-order valence-electron chi connectivity index (χ1n) is 6.98. The number of carboxylic acids is 1. The van der Waals surface area contributed by atoms with Gasteiger partial charge in [-0.15, -0.1) is 0 Å². The molecule has 0 amide bonds. The van der Waals surface area contributed by atoms with Crippen molar-refractivity contribution < 1.29 is 9.90 Å². The first-order chi connectivity index (χ1) is 10.1. The molecule has 1 unspecified atom stereocenters. The fourth-order valence-electron chi connectivity index (χ4n) is 2.83. The number of aromatic nitrogens is 1. The zero-order chi connectivity index (χ0) is 14.8. The number of carboxylic acid groups (broad SMARTS) is 1. The molecule has 5 heteroatoms. The Morgan fingerprint density at radius 2 is 2.19 bits per heavy atom. The van der Waals surface area contributed by atoms with Crippen LogP contribution in [0.4, 0.5) is 11.5 Å². The van der Waals surface area contributed by atoms with E-state index in [-0.39, 0.29) is 11.6 Å². The van der Waals surface area contributed by atoms with Crippen molar-refractivity contribution in [2.45, 2.75) is 25.3 Å². The molecule has 1 aromatic heterocycles. The van der Waals surface area contributed by atoms with Gasteiger partial charge in [-0.05, 0) is 36.5 Å². The van der Waals surface area contributed by atoms with Gasteiger partial charge >= 0.3 is 5.97 Å². The van der Waals surface area contributed by atoms with Gasteiger partial charge in [0, 0.05) is 0 Å². The molecule has 108 valence electrons. The van der Waals surface area contributed by atoms with E-state index in [1.807, 2.05) is 12.1 Å². The fraction of sp³-hybridized carbons (Fsp3) is 0.250. The maximum absolute atomic E-state index is 11.3. The zero-order valence-corrected chi connectivity index (χ0v) is 11.5. The second-order valence-corrected chi connectivity index (χ2v) is 5.26. The number of nitrogens with zero attached hydrogens (tertiary/aromatic N) is 1. The van der Waals surface area contributed by atoms with Gasteiger partial charge in [0.25, 0.3) is 0 Å². The SMILES string of the molecule is Nc1cnc(NC2CCCc3ccccc32)c(C(=O)O)c1. The van der Waals surface area contributed by atoms with Crippen LogP contribution in [0.5, 0.6) is 0 Å². The zero-order valence-electron chi connectivity index (χ0n) is 11.5. The lowest BCUT2D eigenvalue weighted by molar-refractivity contribution is 0.0697. The molecular formula is C16H17N3O2. The number of hydrogen-bond donors (Lipinski definition) is 3. The summed E-state index contributed by atoms with van der Waals surface area (Å²) in [5, 5.41) is 12.5. The summed E-state index contributed by atoms with van der Waals surface area (Å²) < 4.78 is 0. The van der Waals surface area contributed by atoms with Gasteiger partial charge in [0.2, 0.25) is 0 Å². The minimum Gasteiger partial charge on any atom is -0.478 e. The van der Waals surface area contributed by atoms with Crippen molar-refractivity contribution in [2.24, 2.45) is 0 Å². The summed E-state index contributed by atoms with van der Waals surface area (Å²) >= 11 is 0. The third-order valence-corrected chi connectivity index (χ3v) is 3.82. The van der Waals surface area contributed by atoms with Crippen molar-refractivity contribution in [3.8, 4) is 0 Å². The number of carbonyl (C=O) groups is 1. The van der Waals surface area contributed by atoms with E-state index in [0.29, 0.717) is 11.5 Å². The maximum Gasteiger partial charge on any atom is 0.339 e. The maximum atomic E-state index is 11.3. The number of anilines is 2. The van der Waals surface area contributed by atoms with Crippen molar-refractivity contribution in [1.29, 1.82) is 0 Å². The molecular weight excluding hydrogens is 266 g/mol. The van der Waals surface area contributed by atoms with Gasteiger partial charge in [0.05, 0.1) is 17.9 Å². The van der Waals surface area contributed by atoms with Crippen LogP contribution in [0.2, 0.25) is 0 Å². The number of fused-ring (bicyclic) bond motifs is 1. The summed E-state index contributed by atoms with van der Waals surface area (Å²) in [5.74, 6) is -0.653. The molecule has 21 heavy (non-hydrogen) atoms. The molecule has 0 spiro atoms. The number of nitrogens with two attached hydrogens (primary N) is 1. The Hall–Kier alpha value is -2.56. The standard InChI is InChI=1S/C16H17N3O2/c17-11-8-13(16(20)21)15(18-9-11)19-14-7-3-5-10-4-1-2-6-12(10)14/h1-2,4,6,8-9,14H,3,5,7,17H2,(H,18,19)(H,20,21). The molecule has 1 aliphatic rings. The van der Waals surface area contributed by atoms with Crippen molar-refractivity contribution >= 4 is 17.5 Å². The Kier molecular flexibility index (Phi) is 3.48. The summed E-state index contributed by atoms with van der Waals surface area (Å²) in [4.78, 5) is 15.5. The van der Waals surface area contributed by atoms with Crippen LogP contribution >= 0.6 is 0 Å². The van der Waals surface area contributed by atoms with Crippen LogP contribution in [0.3, 0.4) is 0 Å². The Bertz CT molecular complexity index is 685. The van der Waals surface area contributed by atoms with E-state index >= 15 is 0 Å². The summed E-state index contributed by atoms with van der Waals surface area (Å²) in [5.41, 5.74) is 8.61. The largest absolute Gasteiger partial charge is 0.478 e. The first-order valence-corrected chi connectivity index (χ1v) is 6.98. The van der Waals surface area contributed by atoms with E-state index < -0.39 is 5.97 Å². The van der Waals surface area contributed by atoms with E-state index in [9.17, 15) is 9.90 Å². The van der Waals surface area contributed by atoms with Gasteiger partial charge in [0.1, 0.15) is 11.4 Å². The second-order valence-electron chi connectivity index (χ2n) is 5.26. The molecule has 4 N–H and O–H groups in total. The smallest absolute Gasteiger partial charge is 0.339 e. The fourth-order valence-corrected chi connectivity index (χ4v) is 2.83. The minimum atomic E-state index is -1.03. The van der Waals surface area contributed by atoms with Crippen LogP contribution in [0, 0.1) is 0 Å². The van der Waals surface area contributed by atoms with Crippen LogP contribution in [0.15, 0.2) is 36.5 Å². The third-order valence-electron chi connectivity index (χ3n) is 3.82. The molecule has 0 fully saturated rings. The number of rotatable bonds is 3. The van der Waals surface area contributed by atoms with Crippen molar-refractivity contribution in [2.75, 3.05) is 11.1 Å². The van der Waals surface area contributed by atoms with Gasteiger partial charge in [-0.1, -0.05) is 24.3 Å². The van der Waals surface area contributed by atoms with Gasteiger partial charge in [-0.25, -0.2) is 9.78 Å². The predicted octanol–water partition coefficient (Wildman–Crippen LogP) is 2.85. The summed E-state index contributed by atoms with van der Waals surface area (Å²) in [6.07, 6.45) is 4.58. The van der Waals surface area contributed by atoms with E-state index in [1.165, 1.54) is 23.4 Å². The van der Waals surface area contributed by atoms with Crippen molar-refractivity contribution in [3.05, 3.63) is 53.2 Å². The van der Waals surface area contributed by atoms with Crippen molar-refractivity contribution in [1.82, 2.24) is 4.98 Å². The molecule has 0 radical (unpaired) electrons. The highest BCUT2D eigenvalue weighted by molar-refractivity contribution is 5.94. The van der Waals surface area contributed by atoms with Crippen LogP contribution in [0.25, 0.3) is 0 Å². The van der Waals surface area contributed by atoms with E-state index in [0.717, 1.165) is 19.3 Å². The first kappa shape index (κ1) is 13.4. The number of aryl methyl sites for hydroxylation is 1. The van der Waals surface area contributed by atoms with Gasteiger partial charge in [-0.3, -0.25) is 0 Å². The molecule has 0 saturated heterocycles. The van der Waals surface area contributed by atoms with E-state index in [4.69, 9.17) is 5.73 Å². The highest BCUT2D eigenvalue weighted by Crippen LogP contribution is 2.32. The number of benzene rings is 1. The quantitative estimate of drug-likeness (QED) is 0.806. The van der Waals surface area contributed by atoms with Gasteiger partial charge < -0.3 is 16.2 Å². The second kappa shape index (κ2) is 5.44. The topological polar surface area (TPSA) is 88.2 Å². The molecule has 3 rings (SSSR count). The molecule has 1 aliphatic carbocycles. The average molecular weight is 283 g/mol. The third kappa shape index (κ3) is 2.67. The Balaban J connectivity index is 1.93. The lowest BCUT2D eigenvalue weighted by Crippen LogP contribution is -2.19. The molecule has 1 heterocycles. The van der Waals surface area contributed by atoms with E-state index in [1.54, 1.807) is 0 Å². The molecule has 5 nitrogen and oxygen atoms in total. The summed E-state index contributed by atoms with van der Waals surface area (Å²) in [7, 11) is 0. The Labute approximate surface area is 122 Å². The minimum absolute atomic E-state index is 0.0872. The average Bonchev–Trinajstić information content (AvgIpc) is 2.49. The highest BCUT2D eigenvalue weighted by Gasteiger charge is 2.22. The predicted molar refractivity (Wildman–Crippen MR) is 81.4 cm³/mol. The number of pyridine rings is 1. The van der Waals surface area contributed by atoms with Crippen LogP contribution in [-0.2, 0) is 6.42 Å². The van der Waals surface area contributed by atoms with Crippen LogP contribution < -0.4 is 11.1 Å². The number of nitrogen functional groups attached to an aromatic ring is 1. The molecule has 0 bridgehead atoms. The Morgan fingerprint density at radius 3 is 3.00 bits per heavy atom. The molecule has 0 saturated carbocycles. The normalized spacial score (nSPS) is 17.0. The number of nitrogens with one attached hydrogen (secondary N) is 1. The molecule has 0 aliphatic heterocycles. The number of hydrogen-bond acceptors (Lipinski definition) is 4. The lowest BCUT2D eigenvalue weighted by atomic mass is 9.87. The van der Waals surface area contributed by atoms with Gasteiger partial charge in [0.15, 0.2) is 0 Å². The van der Waals surface area contributed by atoms with Crippen LogP contribution in [0.1, 0.15) is 40.4 Å². The Morgan fingerprint density at radius 1 is 1.38 bits per heavy atom. The lowest BCUT2D eigenvalue weighted by Gasteiger charge is -2.27. The highest BCUT2D eigenvalue weighted by atomic mass is 16.4. The summed E-state index contributed by atoms with van der Waals surface area (Å²) in [6.45, 7) is 0.